The van der Waals surface area contributed by atoms with E-state index in [0.29, 0.717) is 6.04 Å². The highest BCUT2D eigenvalue weighted by Crippen LogP contribution is 2.34. The monoisotopic (exact) mass is 162 g/mol. The molecule has 12 heavy (non-hydrogen) atoms. The second-order valence-corrected chi connectivity index (χ2v) is 3.30. The molecule has 1 aromatic carbocycles. The zero-order valence-electron chi connectivity index (χ0n) is 7.30. The molecule has 0 saturated heterocycles. The largest absolute Gasteiger partial charge is 0.398 e. The van der Waals surface area contributed by atoms with Gasteiger partial charge in [0.2, 0.25) is 0 Å². The lowest BCUT2D eigenvalue weighted by atomic mass is 10.1. The Balaban J connectivity index is 2.48. The molecule has 1 aromatic rings. The predicted molar refractivity (Wildman–Crippen MR) is 51.0 cm³/mol. The van der Waals surface area contributed by atoms with E-state index >= 15 is 0 Å². The lowest BCUT2D eigenvalue weighted by Crippen LogP contribution is -2.14. The Labute approximate surface area is 72.8 Å². The van der Waals surface area contributed by atoms with Gasteiger partial charge in [-0.15, -0.1) is 0 Å². The van der Waals surface area contributed by atoms with Crippen molar-refractivity contribution >= 4 is 5.69 Å². The molecule has 1 aliphatic rings. The molecular formula is C10H14N2. The van der Waals surface area contributed by atoms with E-state index in [1.807, 2.05) is 19.2 Å². The Morgan fingerprint density at radius 2 is 2.33 bits per heavy atom. The van der Waals surface area contributed by atoms with Crippen LogP contribution < -0.4 is 11.1 Å². The van der Waals surface area contributed by atoms with Crippen LogP contribution in [0.2, 0.25) is 0 Å². The number of nitrogens with two attached hydrogens (primary N) is 1. The molecular weight excluding hydrogens is 148 g/mol. The van der Waals surface area contributed by atoms with Gasteiger partial charge in [0.15, 0.2) is 0 Å². The number of nitrogen functional groups attached to an aromatic ring is 1. The van der Waals surface area contributed by atoms with E-state index in [1.54, 1.807) is 0 Å². The van der Waals surface area contributed by atoms with Crippen LogP contribution in [0, 0.1) is 0 Å². The van der Waals surface area contributed by atoms with Crippen LogP contribution in [-0.2, 0) is 6.42 Å². The van der Waals surface area contributed by atoms with E-state index in [9.17, 15) is 0 Å². The molecule has 0 aromatic heterocycles. The maximum atomic E-state index is 5.90. The summed E-state index contributed by atoms with van der Waals surface area (Å²) in [5, 5.41) is 3.28. The second-order valence-electron chi connectivity index (χ2n) is 3.30. The van der Waals surface area contributed by atoms with Crippen molar-refractivity contribution in [3.8, 4) is 0 Å². The minimum atomic E-state index is 0.473. The number of hydrogen-bond acceptors (Lipinski definition) is 2. The highest BCUT2D eigenvalue weighted by molar-refractivity contribution is 5.54. The van der Waals surface area contributed by atoms with E-state index < -0.39 is 0 Å². The van der Waals surface area contributed by atoms with Crippen LogP contribution >= 0.6 is 0 Å². The van der Waals surface area contributed by atoms with Gasteiger partial charge in [-0.3, -0.25) is 0 Å². The van der Waals surface area contributed by atoms with Crippen LogP contribution in [0.15, 0.2) is 18.2 Å². The number of anilines is 1. The van der Waals surface area contributed by atoms with Gasteiger partial charge in [0.1, 0.15) is 0 Å². The van der Waals surface area contributed by atoms with E-state index in [1.165, 1.54) is 17.5 Å². The molecule has 1 unspecified atom stereocenters. The molecule has 2 rings (SSSR count). The quantitative estimate of drug-likeness (QED) is 0.614. The first kappa shape index (κ1) is 7.62. The molecule has 0 fully saturated rings. The van der Waals surface area contributed by atoms with Gasteiger partial charge in [-0.2, -0.15) is 0 Å². The summed E-state index contributed by atoms with van der Waals surface area (Å²) in [4.78, 5) is 0. The molecule has 1 aliphatic carbocycles. The maximum absolute atomic E-state index is 5.90. The molecule has 0 bridgehead atoms. The summed E-state index contributed by atoms with van der Waals surface area (Å²) >= 11 is 0. The summed E-state index contributed by atoms with van der Waals surface area (Å²) < 4.78 is 0. The van der Waals surface area contributed by atoms with Gasteiger partial charge in [0.25, 0.3) is 0 Å². The average Bonchev–Trinajstić information content (AvgIpc) is 2.49. The summed E-state index contributed by atoms with van der Waals surface area (Å²) in [6.45, 7) is 0. The maximum Gasteiger partial charge on any atom is 0.0365 e. The van der Waals surface area contributed by atoms with Crippen molar-refractivity contribution in [2.75, 3.05) is 12.8 Å². The van der Waals surface area contributed by atoms with Crippen LogP contribution in [-0.4, -0.2) is 7.05 Å². The van der Waals surface area contributed by atoms with Gasteiger partial charge in [-0.1, -0.05) is 12.1 Å². The van der Waals surface area contributed by atoms with Crippen LogP contribution in [0.5, 0.6) is 0 Å². The van der Waals surface area contributed by atoms with Gasteiger partial charge in [0, 0.05) is 11.7 Å². The fourth-order valence-corrected chi connectivity index (χ4v) is 2.01. The van der Waals surface area contributed by atoms with Gasteiger partial charge in [-0.05, 0) is 37.1 Å². The third kappa shape index (κ3) is 0.994. The minimum Gasteiger partial charge on any atom is -0.398 e. The molecule has 3 N–H and O–H groups in total. The Kier molecular flexibility index (Phi) is 1.77. The third-order valence-corrected chi connectivity index (χ3v) is 2.63. The van der Waals surface area contributed by atoms with E-state index in [0.717, 1.165) is 12.1 Å². The highest BCUT2D eigenvalue weighted by atomic mass is 14.9. The average molecular weight is 162 g/mol. The van der Waals surface area contributed by atoms with Gasteiger partial charge >= 0.3 is 0 Å². The molecule has 2 heteroatoms. The highest BCUT2D eigenvalue weighted by Gasteiger charge is 2.22. The number of hydrogen-bond donors (Lipinski definition) is 2. The molecule has 0 spiro atoms. The fraction of sp³-hybridized carbons (Fsp3) is 0.400. The first-order chi connectivity index (χ1) is 5.83. The number of aryl methyl sites for hydroxylation is 1. The topological polar surface area (TPSA) is 38.0 Å². The molecule has 1 atom stereocenters. The lowest BCUT2D eigenvalue weighted by molar-refractivity contribution is 0.592. The fourth-order valence-electron chi connectivity index (χ4n) is 2.01. The summed E-state index contributed by atoms with van der Waals surface area (Å²) in [5.74, 6) is 0. The van der Waals surface area contributed by atoms with Crippen LogP contribution in [0.4, 0.5) is 5.69 Å². The number of benzene rings is 1. The molecule has 0 aliphatic heterocycles. The third-order valence-electron chi connectivity index (χ3n) is 2.63. The first-order valence-corrected chi connectivity index (χ1v) is 4.37. The SMILES string of the molecule is CNC1CCc2cccc(N)c21. The van der Waals surface area contributed by atoms with Crippen molar-refractivity contribution in [3.63, 3.8) is 0 Å². The van der Waals surface area contributed by atoms with Gasteiger partial charge in [0.05, 0.1) is 0 Å². The van der Waals surface area contributed by atoms with Crippen molar-refractivity contribution in [1.29, 1.82) is 0 Å². The molecule has 64 valence electrons. The lowest BCUT2D eigenvalue weighted by Gasteiger charge is -2.11. The van der Waals surface area contributed by atoms with Gasteiger partial charge in [-0.25, -0.2) is 0 Å². The van der Waals surface area contributed by atoms with Crippen molar-refractivity contribution in [1.82, 2.24) is 5.32 Å². The van der Waals surface area contributed by atoms with Crippen LogP contribution in [0.25, 0.3) is 0 Å². The van der Waals surface area contributed by atoms with Crippen LogP contribution in [0.1, 0.15) is 23.6 Å². The smallest absolute Gasteiger partial charge is 0.0365 e. The molecule has 2 nitrogen and oxygen atoms in total. The second kappa shape index (κ2) is 2.79. The summed E-state index contributed by atoms with van der Waals surface area (Å²) in [6.07, 6.45) is 2.34. The standard InChI is InChI=1S/C10H14N2/c1-12-9-6-5-7-3-2-4-8(11)10(7)9/h2-4,9,12H,5-6,11H2,1H3. The van der Waals surface area contributed by atoms with E-state index in [-0.39, 0.29) is 0 Å². The number of fused-ring (bicyclic) bond motifs is 1. The van der Waals surface area contributed by atoms with Crippen molar-refractivity contribution in [2.24, 2.45) is 0 Å². The van der Waals surface area contributed by atoms with Crippen molar-refractivity contribution in [3.05, 3.63) is 29.3 Å². The Bertz CT molecular complexity index is 294. The Morgan fingerprint density at radius 1 is 1.50 bits per heavy atom. The molecule has 0 amide bonds. The number of rotatable bonds is 1. The normalized spacial score (nSPS) is 20.9. The van der Waals surface area contributed by atoms with Crippen molar-refractivity contribution < 1.29 is 0 Å². The molecule has 0 saturated carbocycles. The number of nitrogens with one attached hydrogen (secondary N) is 1. The minimum absolute atomic E-state index is 0.473. The molecule has 0 radical (unpaired) electrons. The Hall–Kier alpha value is -1.02. The summed E-state index contributed by atoms with van der Waals surface area (Å²) in [7, 11) is 1.99. The zero-order valence-corrected chi connectivity index (χ0v) is 7.30. The first-order valence-electron chi connectivity index (χ1n) is 4.37. The Morgan fingerprint density at radius 3 is 3.08 bits per heavy atom. The summed E-state index contributed by atoms with van der Waals surface area (Å²) in [6, 6.07) is 6.66. The van der Waals surface area contributed by atoms with Crippen LogP contribution in [0.3, 0.4) is 0 Å². The van der Waals surface area contributed by atoms with E-state index in [2.05, 4.69) is 11.4 Å². The van der Waals surface area contributed by atoms with Crippen molar-refractivity contribution in [2.45, 2.75) is 18.9 Å². The van der Waals surface area contributed by atoms with Gasteiger partial charge < -0.3 is 11.1 Å². The van der Waals surface area contributed by atoms with E-state index in [4.69, 9.17) is 5.73 Å². The predicted octanol–water partition coefficient (Wildman–Crippen LogP) is 1.48. The summed E-state index contributed by atoms with van der Waals surface area (Å²) in [5.41, 5.74) is 9.56. The molecule has 0 heterocycles. The zero-order chi connectivity index (χ0) is 8.55.